The van der Waals surface area contributed by atoms with Crippen LogP contribution in [0.3, 0.4) is 0 Å². The van der Waals surface area contributed by atoms with E-state index in [2.05, 4.69) is 20.6 Å². The topological polar surface area (TPSA) is 264 Å². The Bertz CT molecular complexity index is 1620. The van der Waals surface area contributed by atoms with Crippen LogP contribution in [0.4, 0.5) is 4.79 Å². The number of aromatic amines is 1. The molecule has 8 N–H and O–H groups in total. The zero-order valence-electron chi connectivity index (χ0n) is 34.2. The Morgan fingerprint density at radius 1 is 0.898 bits per heavy atom. The molecule has 0 unspecified atom stereocenters. The maximum atomic E-state index is 14.4. The highest BCUT2D eigenvalue weighted by Crippen LogP contribution is 2.32. The molecule has 0 spiro atoms. The molecular weight excluding hydrogens is 768 g/mol. The molecule has 2 aliphatic heterocycles. The van der Waals surface area contributed by atoms with Gasteiger partial charge in [-0.3, -0.25) is 9.59 Å². The monoisotopic (exact) mass is 830 g/mol. The van der Waals surface area contributed by atoms with E-state index in [9.17, 15) is 29.1 Å². The molecule has 18 heteroatoms. The minimum Gasteiger partial charge on any atom is -0.479 e. The van der Waals surface area contributed by atoms with Crippen molar-refractivity contribution in [3.63, 3.8) is 0 Å². The third-order valence-corrected chi connectivity index (χ3v) is 11.4. The van der Waals surface area contributed by atoms with Gasteiger partial charge in [-0.25, -0.2) is 19.4 Å². The number of carboxylic acid groups (broad SMARTS) is 2. The van der Waals surface area contributed by atoms with Crippen LogP contribution in [0, 0.1) is 5.92 Å². The number of ether oxygens (including phenoxy) is 2. The van der Waals surface area contributed by atoms with Crippen molar-refractivity contribution in [2.75, 3.05) is 26.9 Å². The highest BCUT2D eigenvalue weighted by molar-refractivity contribution is 5.92. The molecule has 2 saturated heterocycles. The van der Waals surface area contributed by atoms with Crippen LogP contribution in [-0.2, 0) is 41.5 Å². The fourth-order valence-electron chi connectivity index (χ4n) is 7.74. The Balaban J connectivity index is 0.000000680. The van der Waals surface area contributed by atoms with Crippen LogP contribution in [0.15, 0.2) is 42.9 Å². The summed E-state index contributed by atoms with van der Waals surface area (Å²) in [5.41, 5.74) is 1.04. The number of urea groups is 1. The number of likely N-dealkylation sites (N-methyl/N-ethyl adjacent to an activating group) is 1. The quantitative estimate of drug-likeness (QED) is 0.113. The van der Waals surface area contributed by atoms with E-state index in [1.165, 1.54) is 11.3 Å². The third-order valence-electron chi connectivity index (χ3n) is 11.4. The summed E-state index contributed by atoms with van der Waals surface area (Å²) in [6.07, 6.45) is 7.42. The maximum Gasteiger partial charge on any atom is 0.335 e. The molecule has 3 heterocycles. The van der Waals surface area contributed by atoms with Crippen molar-refractivity contribution >= 4 is 29.8 Å². The van der Waals surface area contributed by atoms with Gasteiger partial charge in [-0.1, -0.05) is 62.4 Å². The van der Waals surface area contributed by atoms with Crippen molar-refractivity contribution < 1.29 is 59.0 Å². The average Bonchev–Trinajstić information content (AvgIpc) is 3.87. The molecule has 18 nitrogen and oxygen atoms in total. The van der Waals surface area contributed by atoms with E-state index in [1.807, 2.05) is 44.2 Å². The Morgan fingerprint density at radius 2 is 1.53 bits per heavy atom. The number of likely N-dealkylation sites (tertiary alicyclic amines) is 1. The number of carbonyl (C=O) groups is 5. The number of aliphatic hydroxyl groups excluding tert-OH is 3. The predicted octanol–water partition coefficient (Wildman–Crippen LogP) is 1.82. The second-order valence-corrected chi connectivity index (χ2v) is 16.2. The van der Waals surface area contributed by atoms with E-state index in [1.54, 1.807) is 24.5 Å². The molecule has 3 aliphatic rings. The van der Waals surface area contributed by atoms with Gasteiger partial charge in [0.25, 0.3) is 0 Å². The van der Waals surface area contributed by atoms with Crippen molar-refractivity contribution in [1.29, 1.82) is 0 Å². The first kappa shape index (κ1) is 47.1. The Labute approximate surface area is 344 Å². The number of imidazole rings is 1. The van der Waals surface area contributed by atoms with Gasteiger partial charge >= 0.3 is 18.0 Å². The maximum absolute atomic E-state index is 14.4. The number of nitrogens with one attached hydrogen (secondary N) is 3. The van der Waals surface area contributed by atoms with E-state index in [0.29, 0.717) is 37.5 Å². The summed E-state index contributed by atoms with van der Waals surface area (Å²) in [6.45, 7) is 5.37. The molecule has 1 saturated carbocycles. The summed E-state index contributed by atoms with van der Waals surface area (Å²) < 4.78 is 11.6. The SMILES string of the molecule is CN(C(=O)[C@H](Cc1ccccc1)NC(=O)N1CCCCC1)[C@@H](Cc1cnc[nH]1)C(=O)N[C@@H](CC1CCCCC1)[C@@H](O)C[C@@H]1OCOC1(C)C.O=C(O)[C@H](O)[C@@H](O)C(=O)O. The van der Waals surface area contributed by atoms with Crippen LogP contribution < -0.4 is 10.6 Å². The molecule has 2 aromatic rings. The number of aliphatic carboxylic acids is 2. The number of aliphatic hydroxyl groups is 3. The van der Waals surface area contributed by atoms with Crippen molar-refractivity contribution in [3.05, 3.63) is 54.1 Å². The van der Waals surface area contributed by atoms with Crippen molar-refractivity contribution in [3.8, 4) is 0 Å². The summed E-state index contributed by atoms with van der Waals surface area (Å²) in [7, 11) is 1.62. The third kappa shape index (κ3) is 14.3. The molecule has 1 aromatic heterocycles. The first-order valence-electron chi connectivity index (χ1n) is 20.5. The fourth-order valence-corrected chi connectivity index (χ4v) is 7.74. The predicted molar refractivity (Wildman–Crippen MR) is 213 cm³/mol. The average molecular weight is 831 g/mol. The van der Waals surface area contributed by atoms with Crippen LogP contribution in [-0.4, -0.2) is 150 Å². The number of hydrogen-bond donors (Lipinski definition) is 8. The van der Waals surface area contributed by atoms with Gasteiger partial charge in [0.05, 0.1) is 30.2 Å². The Kier molecular flexibility index (Phi) is 18.1. The molecule has 1 aliphatic carbocycles. The second kappa shape index (κ2) is 22.7. The summed E-state index contributed by atoms with van der Waals surface area (Å²) in [5, 5.41) is 50.4. The first-order valence-corrected chi connectivity index (χ1v) is 20.5. The van der Waals surface area contributed by atoms with Gasteiger partial charge in [-0.05, 0) is 51.0 Å². The molecule has 3 fully saturated rings. The number of nitrogens with zero attached hydrogens (tertiary/aromatic N) is 3. The zero-order chi connectivity index (χ0) is 43.1. The van der Waals surface area contributed by atoms with E-state index < -0.39 is 54.0 Å². The molecule has 5 rings (SSSR count). The molecule has 59 heavy (non-hydrogen) atoms. The number of rotatable bonds is 17. The summed E-state index contributed by atoms with van der Waals surface area (Å²) in [6, 6.07) is 6.96. The minimum atomic E-state index is -2.27. The minimum absolute atomic E-state index is 0.168. The standard InChI is InChI=1S/C37H56N6O6.C4H6O6/c1-37(2)33(48-25-49-37)22-32(44)29(19-26-13-7-4-8-14-26)40-34(45)31(21-28-23-38-24-39-28)42(3)35(46)30(20-27-15-9-5-10-16-27)41-36(47)43-17-11-6-12-18-43;5-1(3(7)8)2(6)4(9)10/h5,9-10,15-16,23-24,26,29-33,44H,4,6-8,11-14,17-22,25H2,1-3H3,(H,38,39)(H,40,45)(H,41,47);1-2,5-6H,(H,7,8)(H,9,10)/t29-,30-,31-,32-,33-;1-,2-/m01/s1. The summed E-state index contributed by atoms with van der Waals surface area (Å²) in [4.78, 5) is 72.1. The van der Waals surface area contributed by atoms with Gasteiger partial charge in [0, 0.05) is 51.3 Å². The molecule has 0 radical (unpaired) electrons. The second-order valence-electron chi connectivity index (χ2n) is 16.2. The van der Waals surface area contributed by atoms with Crippen LogP contribution in [0.25, 0.3) is 0 Å². The van der Waals surface area contributed by atoms with E-state index >= 15 is 0 Å². The first-order chi connectivity index (χ1) is 28.1. The number of carbonyl (C=O) groups excluding carboxylic acids is 3. The smallest absolute Gasteiger partial charge is 0.335 e. The number of carboxylic acids is 2. The van der Waals surface area contributed by atoms with Gasteiger partial charge in [0.1, 0.15) is 18.9 Å². The van der Waals surface area contributed by atoms with Crippen LogP contribution in [0.2, 0.25) is 0 Å². The van der Waals surface area contributed by atoms with Crippen LogP contribution >= 0.6 is 0 Å². The van der Waals surface area contributed by atoms with Gasteiger partial charge in [0.15, 0.2) is 12.2 Å². The lowest BCUT2D eigenvalue weighted by atomic mass is 9.82. The summed E-state index contributed by atoms with van der Waals surface area (Å²) in [5.74, 6) is -3.89. The van der Waals surface area contributed by atoms with Gasteiger partial charge in [-0.2, -0.15) is 0 Å². The van der Waals surface area contributed by atoms with E-state index in [4.69, 9.17) is 29.9 Å². The lowest BCUT2D eigenvalue weighted by Crippen LogP contribution is -2.59. The lowest BCUT2D eigenvalue weighted by Gasteiger charge is -2.36. The van der Waals surface area contributed by atoms with E-state index in [0.717, 1.165) is 50.5 Å². The molecular formula is C41H62N6O12. The summed E-state index contributed by atoms with van der Waals surface area (Å²) >= 11 is 0. The Morgan fingerprint density at radius 3 is 2.08 bits per heavy atom. The number of H-pyrrole nitrogens is 1. The largest absolute Gasteiger partial charge is 0.479 e. The zero-order valence-corrected chi connectivity index (χ0v) is 34.2. The van der Waals surface area contributed by atoms with Crippen LogP contribution in [0.1, 0.15) is 89.3 Å². The number of amides is 4. The number of hydrogen-bond acceptors (Lipinski definition) is 11. The normalized spacial score (nSPS) is 21.1. The van der Waals surface area contributed by atoms with Gasteiger partial charge in [-0.15, -0.1) is 0 Å². The Hall–Kier alpha value is -4.62. The lowest BCUT2D eigenvalue weighted by molar-refractivity contribution is -0.165. The molecule has 7 atom stereocenters. The number of benzene rings is 1. The van der Waals surface area contributed by atoms with Gasteiger partial charge in [0.2, 0.25) is 11.8 Å². The molecule has 4 amide bonds. The van der Waals surface area contributed by atoms with Crippen molar-refractivity contribution in [2.24, 2.45) is 5.92 Å². The van der Waals surface area contributed by atoms with Gasteiger partial charge < -0.3 is 60.4 Å². The van der Waals surface area contributed by atoms with Crippen LogP contribution in [0.5, 0.6) is 0 Å². The molecule has 1 aromatic carbocycles. The highest BCUT2D eigenvalue weighted by Gasteiger charge is 2.41. The highest BCUT2D eigenvalue weighted by atomic mass is 16.7. The van der Waals surface area contributed by atoms with Crippen molar-refractivity contribution in [2.45, 2.75) is 139 Å². The molecule has 0 bridgehead atoms. The van der Waals surface area contributed by atoms with E-state index in [-0.39, 0.29) is 43.6 Å². The fraction of sp³-hybridized carbons (Fsp3) is 0.659. The molecule has 328 valence electrons. The van der Waals surface area contributed by atoms with Crippen molar-refractivity contribution in [1.82, 2.24) is 30.4 Å². The number of piperidine rings is 1. The number of aromatic nitrogens is 2.